The van der Waals surface area contributed by atoms with Gasteiger partial charge in [0.1, 0.15) is 11.9 Å². The van der Waals surface area contributed by atoms with Gasteiger partial charge in [-0.05, 0) is 13.8 Å². The van der Waals surface area contributed by atoms with Gasteiger partial charge in [0.2, 0.25) is 5.91 Å². The molecule has 1 aromatic heterocycles. The van der Waals surface area contributed by atoms with Crippen molar-refractivity contribution in [2.24, 2.45) is 0 Å². The number of hydrogen-bond donors (Lipinski definition) is 2. The molecule has 1 unspecified atom stereocenters. The van der Waals surface area contributed by atoms with E-state index >= 15 is 0 Å². The number of hydrogen-bond acceptors (Lipinski definition) is 5. The minimum absolute atomic E-state index is 0.0496. The van der Waals surface area contributed by atoms with E-state index in [4.69, 9.17) is 0 Å². The lowest BCUT2D eigenvalue weighted by Gasteiger charge is -2.36. The molecule has 1 aromatic rings. The van der Waals surface area contributed by atoms with E-state index in [0.717, 1.165) is 25.5 Å². The molecular weight excluding hydrogens is 232 g/mol. The fraction of sp³-hybridized carbons (Fsp3) is 0.727. The van der Waals surface area contributed by atoms with E-state index in [2.05, 4.69) is 25.8 Å². The molecule has 1 amide bonds. The van der Waals surface area contributed by atoms with Crippen LogP contribution >= 0.6 is 0 Å². The van der Waals surface area contributed by atoms with Crippen molar-refractivity contribution >= 4 is 11.7 Å². The SMILES string of the molecule is CCNC(=O)C1CNCCN1c1cnnn1CC. The second kappa shape index (κ2) is 5.81. The van der Waals surface area contributed by atoms with Crippen molar-refractivity contribution < 1.29 is 4.79 Å². The molecule has 1 aliphatic heterocycles. The Labute approximate surface area is 107 Å². The van der Waals surface area contributed by atoms with Gasteiger partial charge in [-0.1, -0.05) is 5.21 Å². The minimum atomic E-state index is -0.192. The van der Waals surface area contributed by atoms with Gasteiger partial charge in [-0.25, -0.2) is 4.68 Å². The number of anilines is 1. The summed E-state index contributed by atoms with van der Waals surface area (Å²) in [5.74, 6) is 0.962. The maximum atomic E-state index is 12.1. The topological polar surface area (TPSA) is 75.1 Å². The summed E-state index contributed by atoms with van der Waals surface area (Å²) in [6.45, 7) is 7.65. The van der Waals surface area contributed by atoms with Gasteiger partial charge in [0.25, 0.3) is 0 Å². The maximum Gasteiger partial charge on any atom is 0.244 e. The molecule has 7 nitrogen and oxygen atoms in total. The Morgan fingerprint density at radius 1 is 1.61 bits per heavy atom. The molecule has 2 N–H and O–H groups in total. The van der Waals surface area contributed by atoms with Crippen molar-refractivity contribution in [3.63, 3.8) is 0 Å². The van der Waals surface area contributed by atoms with Gasteiger partial charge in [-0.2, -0.15) is 0 Å². The Morgan fingerprint density at radius 2 is 2.44 bits per heavy atom. The molecule has 0 aliphatic carbocycles. The highest BCUT2D eigenvalue weighted by Crippen LogP contribution is 2.16. The van der Waals surface area contributed by atoms with E-state index < -0.39 is 0 Å². The van der Waals surface area contributed by atoms with Crippen LogP contribution in [0.4, 0.5) is 5.82 Å². The first-order valence-corrected chi connectivity index (χ1v) is 6.41. The summed E-state index contributed by atoms with van der Waals surface area (Å²) in [5.41, 5.74) is 0. The highest BCUT2D eigenvalue weighted by atomic mass is 16.2. The van der Waals surface area contributed by atoms with E-state index in [9.17, 15) is 4.79 Å². The van der Waals surface area contributed by atoms with E-state index in [1.165, 1.54) is 0 Å². The van der Waals surface area contributed by atoms with Crippen molar-refractivity contribution in [2.75, 3.05) is 31.1 Å². The Kier molecular flexibility index (Phi) is 4.14. The third kappa shape index (κ3) is 2.45. The van der Waals surface area contributed by atoms with Crippen LogP contribution in [0.15, 0.2) is 6.20 Å². The molecule has 7 heteroatoms. The summed E-state index contributed by atoms with van der Waals surface area (Å²) in [5, 5.41) is 14.1. The number of aromatic nitrogens is 3. The summed E-state index contributed by atoms with van der Waals surface area (Å²) < 4.78 is 1.82. The van der Waals surface area contributed by atoms with Crippen LogP contribution in [0.3, 0.4) is 0 Å². The Bertz CT molecular complexity index is 404. The molecule has 1 aliphatic rings. The molecule has 100 valence electrons. The summed E-state index contributed by atoms with van der Waals surface area (Å²) in [6, 6.07) is -0.192. The highest BCUT2D eigenvalue weighted by Gasteiger charge is 2.30. The fourth-order valence-electron chi connectivity index (χ4n) is 2.20. The van der Waals surface area contributed by atoms with Crippen molar-refractivity contribution in [2.45, 2.75) is 26.4 Å². The van der Waals surface area contributed by atoms with Gasteiger partial charge >= 0.3 is 0 Å². The summed E-state index contributed by atoms with van der Waals surface area (Å²) in [6.07, 6.45) is 1.72. The van der Waals surface area contributed by atoms with Crippen LogP contribution in [0.25, 0.3) is 0 Å². The van der Waals surface area contributed by atoms with E-state index in [-0.39, 0.29) is 11.9 Å². The maximum absolute atomic E-state index is 12.1. The second-order valence-electron chi connectivity index (χ2n) is 4.22. The number of amides is 1. The van der Waals surface area contributed by atoms with Crippen LogP contribution in [0.1, 0.15) is 13.8 Å². The average molecular weight is 252 g/mol. The van der Waals surface area contributed by atoms with Gasteiger partial charge < -0.3 is 15.5 Å². The lowest BCUT2D eigenvalue weighted by atomic mass is 10.1. The van der Waals surface area contributed by atoms with E-state index in [1.54, 1.807) is 6.20 Å². The van der Waals surface area contributed by atoms with Crippen molar-refractivity contribution in [1.29, 1.82) is 0 Å². The molecule has 0 bridgehead atoms. The fourth-order valence-corrected chi connectivity index (χ4v) is 2.20. The Morgan fingerprint density at radius 3 is 3.17 bits per heavy atom. The second-order valence-corrected chi connectivity index (χ2v) is 4.22. The molecule has 0 radical (unpaired) electrons. The normalized spacial score (nSPS) is 19.9. The van der Waals surface area contributed by atoms with Crippen LogP contribution in [-0.2, 0) is 11.3 Å². The summed E-state index contributed by atoms with van der Waals surface area (Å²) in [7, 11) is 0. The number of carbonyl (C=O) groups excluding carboxylic acids is 1. The zero-order valence-electron chi connectivity index (χ0n) is 10.9. The predicted molar refractivity (Wildman–Crippen MR) is 68.4 cm³/mol. The van der Waals surface area contributed by atoms with Crippen LogP contribution in [0.2, 0.25) is 0 Å². The Hall–Kier alpha value is -1.63. The van der Waals surface area contributed by atoms with E-state index in [1.807, 2.05) is 18.5 Å². The summed E-state index contributed by atoms with van der Waals surface area (Å²) in [4.78, 5) is 14.1. The molecule has 1 atom stereocenters. The van der Waals surface area contributed by atoms with Crippen LogP contribution in [-0.4, -0.2) is 53.1 Å². The zero-order chi connectivity index (χ0) is 13.0. The smallest absolute Gasteiger partial charge is 0.244 e. The number of aryl methyl sites for hydroxylation is 1. The standard InChI is InChI=1S/C11H20N6O/c1-3-13-11(18)9-7-12-5-6-16(9)10-8-14-15-17(10)4-2/h8-9,12H,3-7H2,1-2H3,(H,13,18). The van der Waals surface area contributed by atoms with Crippen molar-refractivity contribution in [3.8, 4) is 0 Å². The summed E-state index contributed by atoms with van der Waals surface area (Å²) >= 11 is 0. The van der Waals surface area contributed by atoms with Gasteiger partial charge in [0, 0.05) is 32.7 Å². The zero-order valence-corrected chi connectivity index (χ0v) is 10.9. The number of likely N-dealkylation sites (N-methyl/N-ethyl adjacent to an activating group) is 1. The predicted octanol–water partition coefficient (Wildman–Crippen LogP) is -0.788. The minimum Gasteiger partial charge on any atom is -0.355 e. The molecule has 2 rings (SSSR count). The number of rotatable bonds is 4. The van der Waals surface area contributed by atoms with Crippen molar-refractivity contribution in [3.05, 3.63) is 6.20 Å². The quantitative estimate of drug-likeness (QED) is 0.735. The average Bonchev–Trinajstić information content (AvgIpc) is 2.87. The first-order chi connectivity index (χ1) is 8.77. The van der Waals surface area contributed by atoms with Gasteiger partial charge in [0.15, 0.2) is 0 Å². The molecule has 1 saturated heterocycles. The van der Waals surface area contributed by atoms with E-state index in [0.29, 0.717) is 13.1 Å². The van der Waals surface area contributed by atoms with Crippen LogP contribution in [0.5, 0.6) is 0 Å². The van der Waals surface area contributed by atoms with Crippen LogP contribution < -0.4 is 15.5 Å². The molecular formula is C11H20N6O. The number of nitrogens with zero attached hydrogens (tertiary/aromatic N) is 4. The molecule has 0 spiro atoms. The van der Waals surface area contributed by atoms with Gasteiger partial charge in [-0.15, -0.1) is 5.10 Å². The number of carbonyl (C=O) groups is 1. The van der Waals surface area contributed by atoms with Crippen LogP contribution in [0, 0.1) is 0 Å². The lowest BCUT2D eigenvalue weighted by molar-refractivity contribution is -0.122. The van der Waals surface area contributed by atoms with Gasteiger partial charge in [0.05, 0.1) is 6.20 Å². The lowest BCUT2D eigenvalue weighted by Crippen LogP contribution is -2.58. The monoisotopic (exact) mass is 252 g/mol. The van der Waals surface area contributed by atoms with Gasteiger partial charge in [-0.3, -0.25) is 4.79 Å². The third-order valence-corrected chi connectivity index (χ3v) is 3.09. The number of piperazine rings is 1. The molecule has 18 heavy (non-hydrogen) atoms. The number of nitrogens with one attached hydrogen (secondary N) is 2. The third-order valence-electron chi connectivity index (χ3n) is 3.09. The first-order valence-electron chi connectivity index (χ1n) is 6.41. The first kappa shape index (κ1) is 12.8. The molecule has 0 aromatic carbocycles. The largest absolute Gasteiger partial charge is 0.355 e. The Balaban J connectivity index is 2.20. The van der Waals surface area contributed by atoms with Crippen molar-refractivity contribution in [1.82, 2.24) is 25.6 Å². The highest BCUT2D eigenvalue weighted by molar-refractivity contribution is 5.85. The molecule has 2 heterocycles. The molecule has 0 saturated carbocycles. The molecule has 1 fully saturated rings.